The van der Waals surface area contributed by atoms with Crippen molar-refractivity contribution in [2.24, 2.45) is 5.92 Å². The Hall–Kier alpha value is -2.26. The molecular weight excluding hydrogens is 294 g/mol. The summed E-state index contributed by atoms with van der Waals surface area (Å²) in [5, 5.41) is 1.18. The Morgan fingerprint density at radius 2 is 1.83 bits per heavy atom. The minimum Gasteiger partial charge on any atom is -0.297 e. The molecule has 0 saturated carbocycles. The van der Waals surface area contributed by atoms with Gasteiger partial charge in [-0.1, -0.05) is 31.2 Å². The standard InChI is InChI=1S/C21H23N3/c1-16-8-12-24(13-9-16)15-19-14-18(7-11-22-19)20-6-2-4-17-5-3-10-23-21(17)20/h2-7,10-11,14,16H,8-9,12-13,15H2,1H3. The van der Waals surface area contributed by atoms with Gasteiger partial charge in [0.1, 0.15) is 0 Å². The van der Waals surface area contributed by atoms with E-state index in [1.54, 1.807) is 0 Å². The van der Waals surface area contributed by atoms with Gasteiger partial charge in [-0.15, -0.1) is 0 Å². The lowest BCUT2D eigenvalue weighted by Gasteiger charge is -2.29. The van der Waals surface area contributed by atoms with E-state index < -0.39 is 0 Å². The molecule has 0 N–H and O–H groups in total. The highest BCUT2D eigenvalue weighted by Gasteiger charge is 2.16. The Morgan fingerprint density at radius 1 is 1.00 bits per heavy atom. The molecular formula is C21H23N3. The van der Waals surface area contributed by atoms with Gasteiger partial charge in [-0.25, -0.2) is 0 Å². The van der Waals surface area contributed by atoms with E-state index in [4.69, 9.17) is 0 Å². The predicted molar refractivity (Wildman–Crippen MR) is 98.6 cm³/mol. The maximum absolute atomic E-state index is 4.60. The molecule has 0 amide bonds. The summed E-state index contributed by atoms with van der Waals surface area (Å²) in [5.74, 6) is 0.863. The Bertz CT molecular complexity index is 830. The van der Waals surface area contributed by atoms with Crippen molar-refractivity contribution in [2.45, 2.75) is 26.3 Å². The van der Waals surface area contributed by atoms with Crippen LogP contribution in [0.25, 0.3) is 22.0 Å². The summed E-state index contributed by atoms with van der Waals surface area (Å²) < 4.78 is 0. The van der Waals surface area contributed by atoms with Gasteiger partial charge in [0.2, 0.25) is 0 Å². The molecule has 2 aromatic heterocycles. The summed E-state index contributed by atoms with van der Waals surface area (Å²) in [6, 6.07) is 14.8. The molecule has 3 heteroatoms. The Labute approximate surface area is 143 Å². The second-order valence-electron chi connectivity index (χ2n) is 6.88. The Balaban J connectivity index is 1.62. The van der Waals surface area contributed by atoms with Gasteiger partial charge in [0.15, 0.2) is 0 Å². The molecule has 0 unspecified atom stereocenters. The average molecular weight is 317 g/mol. The van der Waals surface area contributed by atoms with Crippen molar-refractivity contribution in [1.82, 2.24) is 14.9 Å². The molecule has 1 aliphatic heterocycles. The highest BCUT2D eigenvalue weighted by atomic mass is 15.1. The van der Waals surface area contributed by atoms with E-state index >= 15 is 0 Å². The van der Waals surface area contributed by atoms with Crippen molar-refractivity contribution in [3.8, 4) is 11.1 Å². The highest BCUT2D eigenvalue weighted by Crippen LogP contribution is 2.27. The van der Waals surface area contributed by atoms with Gasteiger partial charge in [-0.2, -0.15) is 0 Å². The van der Waals surface area contributed by atoms with Gasteiger partial charge in [0.25, 0.3) is 0 Å². The fourth-order valence-electron chi connectivity index (χ4n) is 3.52. The molecule has 0 bridgehead atoms. The summed E-state index contributed by atoms with van der Waals surface area (Å²) in [6.45, 7) is 5.66. The van der Waals surface area contributed by atoms with Crippen LogP contribution in [0.5, 0.6) is 0 Å². The van der Waals surface area contributed by atoms with Crippen LogP contribution in [0.1, 0.15) is 25.5 Å². The number of piperidine rings is 1. The fourth-order valence-corrected chi connectivity index (χ4v) is 3.52. The zero-order valence-electron chi connectivity index (χ0n) is 14.2. The number of para-hydroxylation sites is 1. The van der Waals surface area contributed by atoms with E-state index in [0.717, 1.165) is 23.7 Å². The van der Waals surface area contributed by atoms with Crippen molar-refractivity contribution < 1.29 is 0 Å². The first-order valence-electron chi connectivity index (χ1n) is 8.81. The number of likely N-dealkylation sites (tertiary alicyclic amines) is 1. The number of pyridine rings is 2. The number of nitrogens with zero attached hydrogens (tertiary/aromatic N) is 3. The van der Waals surface area contributed by atoms with E-state index in [1.807, 2.05) is 18.5 Å². The quantitative estimate of drug-likeness (QED) is 0.711. The highest BCUT2D eigenvalue weighted by molar-refractivity contribution is 5.93. The third kappa shape index (κ3) is 3.17. The lowest BCUT2D eigenvalue weighted by molar-refractivity contribution is 0.183. The van der Waals surface area contributed by atoms with E-state index in [0.29, 0.717) is 0 Å². The molecule has 1 saturated heterocycles. The van der Waals surface area contributed by atoms with Gasteiger partial charge < -0.3 is 0 Å². The molecule has 1 aliphatic rings. The third-order valence-corrected chi connectivity index (χ3v) is 5.02. The van der Waals surface area contributed by atoms with Crippen LogP contribution in [-0.4, -0.2) is 28.0 Å². The maximum Gasteiger partial charge on any atom is 0.0780 e. The third-order valence-electron chi connectivity index (χ3n) is 5.02. The SMILES string of the molecule is CC1CCN(Cc2cc(-c3cccc4cccnc34)ccn2)CC1. The number of fused-ring (bicyclic) bond motifs is 1. The summed E-state index contributed by atoms with van der Waals surface area (Å²) >= 11 is 0. The zero-order chi connectivity index (χ0) is 16.4. The first kappa shape index (κ1) is 15.3. The van der Waals surface area contributed by atoms with Gasteiger partial charge in [-0.05, 0) is 55.6 Å². The number of hydrogen-bond donors (Lipinski definition) is 0. The van der Waals surface area contributed by atoms with Crippen LogP contribution in [0, 0.1) is 5.92 Å². The summed E-state index contributed by atoms with van der Waals surface area (Å²) in [5.41, 5.74) is 4.60. The van der Waals surface area contributed by atoms with Gasteiger partial charge in [-0.3, -0.25) is 14.9 Å². The van der Waals surface area contributed by atoms with E-state index in [2.05, 4.69) is 58.2 Å². The number of hydrogen-bond acceptors (Lipinski definition) is 3. The van der Waals surface area contributed by atoms with Gasteiger partial charge in [0.05, 0.1) is 11.2 Å². The van der Waals surface area contributed by atoms with E-state index in [9.17, 15) is 0 Å². The minimum atomic E-state index is 0.863. The van der Waals surface area contributed by atoms with Crippen LogP contribution in [0.3, 0.4) is 0 Å². The lowest BCUT2D eigenvalue weighted by atomic mass is 9.99. The molecule has 3 nitrogen and oxygen atoms in total. The second-order valence-corrected chi connectivity index (χ2v) is 6.88. The van der Waals surface area contributed by atoms with Crippen LogP contribution in [0.2, 0.25) is 0 Å². The van der Waals surface area contributed by atoms with Gasteiger partial charge in [0, 0.05) is 29.9 Å². The van der Waals surface area contributed by atoms with Crippen molar-refractivity contribution in [1.29, 1.82) is 0 Å². The number of aromatic nitrogens is 2. The zero-order valence-corrected chi connectivity index (χ0v) is 14.2. The van der Waals surface area contributed by atoms with Crippen LogP contribution < -0.4 is 0 Å². The molecule has 1 aromatic carbocycles. The summed E-state index contributed by atoms with van der Waals surface area (Å²) in [6.07, 6.45) is 6.39. The minimum absolute atomic E-state index is 0.863. The van der Waals surface area contributed by atoms with Crippen LogP contribution in [-0.2, 0) is 6.54 Å². The van der Waals surface area contributed by atoms with Crippen molar-refractivity contribution in [3.05, 3.63) is 60.6 Å². The molecule has 0 radical (unpaired) electrons. The Morgan fingerprint density at radius 3 is 2.71 bits per heavy atom. The van der Waals surface area contributed by atoms with Gasteiger partial charge >= 0.3 is 0 Å². The molecule has 24 heavy (non-hydrogen) atoms. The molecule has 0 aliphatic carbocycles. The number of benzene rings is 1. The smallest absolute Gasteiger partial charge is 0.0780 e. The summed E-state index contributed by atoms with van der Waals surface area (Å²) in [7, 11) is 0. The van der Waals surface area contributed by atoms with Crippen molar-refractivity contribution >= 4 is 10.9 Å². The van der Waals surface area contributed by atoms with E-state index in [-0.39, 0.29) is 0 Å². The molecule has 3 heterocycles. The number of rotatable bonds is 3. The average Bonchev–Trinajstić information content (AvgIpc) is 2.63. The first-order chi connectivity index (χ1) is 11.8. The molecule has 0 spiro atoms. The maximum atomic E-state index is 4.60. The largest absolute Gasteiger partial charge is 0.297 e. The topological polar surface area (TPSA) is 29.0 Å². The van der Waals surface area contributed by atoms with E-state index in [1.165, 1.54) is 42.4 Å². The molecule has 1 fully saturated rings. The van der Waals surface area contributed by atoms with Crippen LogP contribution in [0.4, 0.5) is 0 Å². The predicted octanol–water partition coefficient (Wildman–Crippen LogP) is 4.53. The monoisotopic (exact) mass is 317 g/mol. The van der Waals surface area contributed by atoms with Crippen molar-refractivity contribution in [2.75, 3.05) is 13.1 Å². The fraction of sp³-hybridized carbons (Fsp3) is 0.333. The van der Waals surface area contributed by atoms with Crippen LogP contribution >= 0.6 is 0 Å². The first-order valence-corrected chi connectivity index (χ1v) is 8.81. The van der Waals surface area contributed by atoms with Crippen LogP contribution in [0.15, 0.2) is 54.9 Å². The lowest BCUT2D eigenvalue weighted by Crippen LogP contribution is -2.32. The second kappa shape index (κ2) is 6.70. The molecule has 0 atom stereocenters. The normalized spacial score (nSPS) is 16.5. The molecule has 4 rings (SSSR count). The van der Waals surface area contributed by atoms with Crippen molar-refractivity contribution in [3.63, 3.8) is 0 Å². The Kier molecular flexibility index (Phi) is 4.26. The summed E-state index contributed by atoms with van der Waals surface area (Å²) in [4.78, 5) is 11.7. The molecule has 122 valence electrons. The molecule has 3 aromatic rings.